The van der Waals surface area contributed by atoms with Crippen LogP contribution in [0, 0.1) is 0 Å². The Hall–Kier alpha value is -5.09. The lowest BCUT2D eigenvalue weighted by Crippen LogP contribution is -2.31. The minimum Gasteiger partial charge on any atom is -0.359 e. The zero-order valence-corrected chi connectivity index (χ0v) is 19.9. The van der Waals surface area contributed by atoms with Gasteiger partial charge in [-0.25, -0.2) is 15.6 Å². The van der Waals surface area contributed by atoms with Gasteiger partial charge in [-0.05, 0) is 23.3 Å². The number of nitrogens with zero attached hydrogens (tertiary/aromatic N) is 3. The van der Waals surface area contributed by atoms with Crippen molar-refractivity contribution in [3.8, 4) is 33.6 Å². The lowest BCUT2D eigenvalue weighted by Gasteiger charge is -2.09. The summed E-state index contributed by atoms with van der Waals surface area (Å²) in [5, 5.41) is 9.87. The molecule has 10 heteroatoms. The number of aromatic nitrogens is 3. The number of carbonyl (C=O) groups is 2. The average molecular weight is 494 g/mol. The molecule has 3 aromatic heterocycles. The van der Waals surface area contributed by atoms with Crippen LogP contribution in [0.15, 0.2) is 83.6 Å². The second-order valence-electron chi connectivity index (χ2n) is 8.19. The Morgan fingerprint density at radius 2 is 1.54 bits per heavy atom. The van der Waals surface area contributed by atoms with Gasteiger partial charge in [0.2, 0.25) is 0 Å². The Morgan fingerprint density at radius 1 is 0.892 bits per heavy atom. The number of hydrazine groups is 1. The Labute approximate surface area is 211 Å². The van der Waals surface area contributed by atoms with Gasteiger partial charge in [0.05, 0.1) is 23.3 Å². The molecule has 5 aromatic rings. The smallest absolute Gasteiger partial charge is 0.314 e. The number of nitrogens with one attached hydrogen (secondary N) is 3. The highest BCUT2D eigenvalue weighted by molar-refractivity contribution is 6.06. The molecule has 10 nitrogen and oxygen atoms in total. The summed E-state index contributed by atoms with van der Waals surface area (Å²) in [7, 11) is 1.55. The van der Waals surface area contributed by atoms with Crippen molar-refractivity contribution in [2.75, 3.05) is 7.05 Å². The van der Waals surface area contributed by atoms with Gasteiger partial charge in [0.1, 0.15) is 5.69 Å². The molecule has 3 amide bonds. The lowest BCUT2D eigenvalue weighted by atomic mass is 9.99. The quantitative estimate of drug-likeness (QED) is 0.160. The Morgan fingerprint density at radius 3 is 2.19 bits per heavy atom. The molecule has 0 aliphatic rings. The normalized spacial score (nSPS) is 10.8. The number of carbonyl (C=O) groups excluding carboxylic acids is 2. The molecule has 37 heavy (non-hydrogen) atoms. The molecule has 0 saturated heterocycles. The number of hydrogen-bond acceptors (Lipinski definition) is 7. The fourth-order valence-corrected chi connectivity index (χ4v) is 3.94. The van der Waals surface area contributed by atoms with E-state index in [0.717, 1.165) is 22.3 Å². The molecule has 0 aliphatic heterocycles. The third-order valence-electron chi connectivity index (χ3n) is 5.89. The number of benzene rings is 2. The highest BCUT2D eigenvalue weighted by Gasteiger charge is 2.14. The van der Waals surface area contributed by atoms with E-state index in [0.29, 0.717) is 33.6 Å². The zero-order valence-electron chi connectivity index (χ0n) is 19.9. The Kier molecular flexibility index (Phi) is 6.56. The van der Waals surface area contributed by atoms with Crippen molar-refractivity contribution in [3.05, 3.63) is 90.4 Å². The number of nitrogens with two attached hydrogens (primary N) is 1. The molecule has 0 spiro atoms. The largest absolute Gasteiger partial charge is 0.359 e. The second kappa shape index (κ2) is 10.3. The fourth-order valence-electron chi connectivity index (χ4n) is 3.94. The molecule has 5 rings (SSSR count). The van der Waals surface area contributed by atoms with Crippen LogP contribution < -0.4 is 21.9 Å². The molecule has 0 radical (unpaired) electrons. The van der Waals surface area contributed by atoms with Gasteiger partial charge < -0.3 is 15.2 Å². The van der Waals surface area contributed by atoms with Gasteiger partial charge in [0.15, 0.2) is 5.76 Å². The number of fused-ring (bicyclic) bond motifs is 1. The van der Waals surface area contributed by atoms with E-state index >= 15 is 0 Å². The van der Waals surface area contributed by atoms with Crippen molar-refractivity contribution in [1.82, 2.24) is 31.2 Å². The molecule has 184 valence electrons. The molecule has 0 aliphatic carbocycles. The van der Waals surface area contributed by atoms with Crippen LogP contribution in [-0.4, -0.2) is 34.1 Å². The topological polar surface area (TPSA) is 148 Å². The van der Waals surface area contributed by atoms with E-state index in [4.69, 9.17) is 15.3 Å². The SMILES string of the molecule is CNC(=O)NCc1cc(-c2ccc(-c3ccc(-c4cc(C(=O)NN)c5cnccc5n4)cc3)cc2)no1. The van der Waals surface area contributed by atoms with Crippen LogP contribution >= 0.6 is 0 Å². The molecule has 3 heterocycles. The number of rotatable bonds is 6. The first-order valence-electron chi connectivity index (χ1n) is 11.4. The first-order valence-corrected chi connectivity index (χ1v) is 11.4. The van der Waals surface area contributed by atoms with Crippen LogP contribution in [0.4, 0.5) is 4.79 Å². The third kappa shape index (κ3) is 5.00. The van der Waals surface area contributed by atoms with Crippen molar-refractivity contribution in [2.24, 2.45) is 5.84 Å². The molecule has 5 N–H and O–H groups in total. The maximum absolute atomic E-state index is 12.3. The average Bonchev–Trinajstić information content (AvgIpc) is 3.44. The highest BCUT2D eigenvalue weighted by Crippen LogP contribution is 2.29. The maximum atomic E-state index is 12.3. The van der Waals surface area contributed by atoms with E-state index in [1.54, 1.807) is 37.6 Å². The molecule has 0 saturated carbocycles. The highest BCUT2D eigenvalue weighted by atomic mass is 16.5. The summed E-state index contributed by atoms with van der Waals surface area (Å²) in [5.74, 6) is 5.54. The number of nitrogen functional groups attached to an aromatic ring is 1. The summed E-state index contributed by atoms with van der Waals surface area (Å²) in [5.41, 5.74) is 8.42. The van der Waals surface area contributed by atoms with Crippen LogP contribution in [-0.2, 0) is 6.54 Å². The van der Waals surface area contributed by atoms with Crippen molar-refractivity contribution >= 4 is 22.8 Å². The van der Waals surface area contributed by atoms with E-state index in [2.05, 4.69) is 26.2 Å². The summed E-state index contributed by atoms with van der Waals surface area (Å²) in [6, 6.07) is 20.9. The molecular weight excluding hydrogens is 470 g/mol. The third-order valence-corrected chi connectivity index (χ3v) is 5.89. The minimum atomic E-state index is -0.402. The first kappa shape index (κ1) is 23.6. The van der Waals surface area contributed by atoms with E-state index < -0.39 is 5.91 Å². The van der Waals surface area contributed by atoms with E-state index in [1.807, 2.05) is 48.5 Å². The van der Waals surface area contributed by atoms with Gasteiger partial charge in [-0.3, -0.25) is 15.2 Å². The van der Waals surface area contributed by atoms with Gasteiger partial charge in [-0.1, -0.05) is 53.7 Å². The van der Waals surface area contributed by atoms with Crippen molar-refractivity contribution in [3.63, 3.8) is 0 Å². The lowest BCUT2D eigenvalue weighted by molar-refractivity contribution is 0.0955. The van der Waals surface area contributed by atoms with Gasteiger partial charge in [0.25, 0.3) is 5.91 Å². The van der Waals surface area contributed by atoms with Gasteiger partial charge in [-0.15, -0.1) is 0 Å². The van der Waals surface area contributed by atoms with Crippen LogP contribution in [0.5, 0.6) is 0 Å². The van der Waals surface area contributed by atoms with E-state index in [1.165, 1.54) is 0 Å². The number of pyridine rings is 2. The van der Waals surface area contributed by atoms with Crippen LogP contribution in [0.25, 0.3) is 44.5 Å². The molecular formula is C27H23N7O3. The summed E-state index contributed by atoms with van der Waals surface area (Å²) >= 11 is 0. The van der Waals surface area contributed by atoms with Crippen molar-refractivity contribution < 1.29 is 14.1 Å². The van der Waals surface area contributed by atoms with Gasteiger partial charge in [-0.2, -0.15) is 0 Å². The molecule has 0 atom stereocenters. The summed E-state index contributed by atoms with van der Waals surface area (Å²) in [6.07, 6.45) is 3.24. The molecule has 0 unspecified atom stereocenters. The second-order valence-corrected chi connectivity index (χ2v) is 8.19. The zero-order chi connectivity index (χ0) is 25.8. The predicted octanol–water partition coefficient (Wildman–Crippen LogP) is 3.65. The standard InChI is InChI=1S/C27H23N7O3/c1-29-27(36)31-14-20-12-25(34-37-20)19-8-4-17(5-9-19)16-2-6-18(7-3-16)24-13-21(26(35)33-28)22-15-30-11-10-23(22)32-24/h2-13,15H,14,28H2,1H3,(H,33,35)(H2,29,31,36). The monoisotopic (exact) mass is 493 g/mol. The van der Waals surface area contributed by atoms with Crippen LogP contribution in [0.1, 0.15) is 16.1 Å². The minimum absolute atomic E-state index is 0.248. The number of hydrogen-bond donors (Lipinski definition) is 4. The van der Waals surface area contributed by atoms with Crippen molar-refractivity contribution in [1.29, 1.82) is 0 Å². The molecule has 2 aromatic carbocycles. The first-order chi connectivity index (χ1) is 18.1. The Bertz CT molecular complexity index is 1580. The summed E-state index contributed by atoms with van der Waals surface area (Å²) in [6.45, 7) is 0.248. The van der Waals surface area contributed by atoms with E-state index in [9.17, 15) is 9.59 Å². The van der Waals surface area contributed by atoms with Crippen LogP contribution in [0.2, 0.25) is 0 Å². The Balaban J connectivity index is 1.36. The molecule has 0 bridgehead atoms. The van der Waals surface area contributed by atoms with Crippen LogP contribution in [0.3, 0.4) is 0 Å². The molecule has 0 fully saturated rings. The number of urea groups is 1. The summed E-state index contributed by atoms with van der Waals surface area (Å²) < 4.78 is 5.31. The van der Waals surface area contributed by atoms with E-state index in [-0.39, 0.29) is 12.6 Å². The van der Waals surface area contributed by atoms with Gasteiger partial charge in [0, 0.05) is 42.0 Å². The fraction of sp³-hybridized carbons (Fsp3) is 0.0741. The maximum Gasteiger partial charge on any atom is 0.314 e. The summed E-state index contributed by atoms with van der Waals surface area (Å²) in [4.78, 5) is 32.5. The van der Waals surface area contributed by atoms with Crippen molar-refractivity contribution in [2.45, 2.75) is 6.54 Å². The predicted molar refractivity (Wildman–Crippen MR) is 139 cm³/mol. The van der Waals surface area contributed by atoms with Gasteiger partial charge >= 0.3 is 6.03 Å². The number of amides is 3.